The largest absolute Gasteiger partial charge is 0.340 e. The molecule has 0 radical (unpaired) electrons. The Morgan fingerprint density at radius 1 is 1.00 bits per heavy atom. The molecule has 0 bridgehead atoms. The van der Waals surface area contributed by atoms with Crippen molar-refractivity contribution in [3.8, 4) is 0 Å². The molecule has 0 aromatic rings. The maximum Gasteiger partial charge on any atom is 0.228 e. The van der Waals surface area contributed by atoms with Crippen molar-refractivity contribution in [1.29, 1.82) is 0 Å². The fourth-order valence-corrected chi connectivity index (χ4v) is 5.30. The van der Waals surface area contributed by atoms with Crippen LogP contribution in [0.4, 0.5) is 0 Å². The van der Waals surface area contributed by atoms with Crippen molar-refractivity contribution < 1.29 is 14.5 Å². The van der Waals surface area contributed by atoms with Crippen LogP contribution in [0.1, 0.15) is 58.8 Å². The Labute approximate surface area is 167 Å². The van der Waals surface area contributed by atoms with Gasteiger partial charge in [-0.15, -0.1) is 0 Å². The van der Waals surface area contributed by atoms with Gasteiger partial charge in [0.25, 0.3) is 0 Å². The van der Waals surface area contributed by atoms with Gasteiger partial charge in [-0.2, -0.15) is 0 Å². The maximum absolute atomic E-state index is 11.7. The lowest BCUT2D eigenvalue weighted by atomic mass is 9.79. The standard InChI is InChI=1S/C20H34N4O4/c1-14(25)16-6-7-19(20(12-16)24(27)28)21-17-4-3-5-18(13-17)23-10-8-22(9-11-23)15(2)26/h16-21H,3-13H2,1-2H3. The molecule has 1 aliphatic heterocycles. The molecule has 1 saturated heterocycles. The predicted molar refractivity (Wildman–Crippen MR) is 106 cm³/mol. The third-order valence-corrected chi connectivity index (χ3v) is 7.03. The van der Waals surface area contributed by atoms with Crippen LogP contribution in [0.15, 0.2) is 0 Å². The van der Waals surface area contributed by atoms with Gasteiger partial charge in [0.1, 0.15) is 5.78 Å². The lowest BCUT2D eigenvalue weighted by Gasteiger charge is -2.43. The first-order valence-corrected chi connectivity index (χ1v) is 10.7. The number of hydrogen-bond donors (Lipinski definition) is 1. The van der Waals surface area contributed by atoms with Gasteiger partial charge in [0.05, 0.1) is 6.04 Å². The second-order valence-corrected chi connectivity index (χ2v) is 8.81. The topological polar surface area (TPSA) is 95.8 Å². The number of nitrogens with zero attached hydrogens (tertiary/aromatic N) is 3. The van der Waals surface area contributed by atoms with Crippen molar-refractivity contribution in [3.63, 3.8) is 0 Å². The van der Waals surface area contributed by atoms with Crippen LogP contribution < -0.4 is 5.32 Å². The Bertz CT molecular complexity index is 591. The van der Waals surface area contributed by atoms with E-state index in [0.29, 0.717) is 24.9 Å². The van der Waals surface area contributed by atoms with Crippen molar-refractivity contribution in [2.75, 3.05) is 26.2 Å². The lowest BCUT2D eigenvalue weighted by Crippen LogP contribution is -2.56. The van der Waals surface area contributed by atoms with Crippen LogP contribution in [0.25, 0.3) is 0 Å². The number of carbonyl (C=O) groups is 2. The van der Waals surface area contributed by atoms with E-state index in [1.807, 2.05) is 4.90 Å². The fraction of sp³-hybridized carbons (Fsp3) is 0.900. The smallest absolute Gasteiger partial charge is 0.228 e. The van der Waals surface area contributed by atoms with E-state index >= 15 is 0 Å². The summed E-state index contributed by atoms with van der Waals surface area (Å²) in [7, 11) is 0. The van der Waals surface area contributed by atoms with Gasteiger partial charge in [0, 0.05) is 62.4 Å². The SMILES string of the molecule is CC(=O)C1CCC(NC2CCCC(N3CCN(C(C)=O)CC3)C2)C([N+](=O)[O-])C1. The van der Waals surface area contributed by atoms with Crippen LogP contribution in [0.3, 0.4) is 0 Å². The molecular weight excluding hydrogens is 360 g/mol. The number of Topliss-reactive ketones (excluding diaryl/α,β-unsaturated/α-hetero) is 1. The van der Waals surface area contributed by atoms with E-state index in [2.05, 4.69) is 10.2 Å². The Balaban J connectivity index is 1.53. The van der Waals surface area contributed by atoms with Crippen molar-refractivity contribution in [2.24, 2.45) is 5.92 Å². The zero-order chi connectivity index (χ0) is 20.3. The minimum Gasteiger partial charge on any atom is -0.340 e. The van der Waals surface area contributed by atoms with Crippen molar-refractivity contribution in [2.45, 2.75) is 83.0 Å². The first-order valence-electron chi connectivity index (χ1n) is 10.7. The summed E-state index contributed by atoms with van der Waals surface area (Å²) in [5.74, 6) is 0.0627. The number of ketones is 1. The van der Waals surface area contributed by atoms with Gasteiger partial charge in [-0.1, -0.05) is 6.42 Å². The van der Waals surface area contributed by atoms with Gasteiger partial charge in [0.2, 0.25) is 11.9 Å². The summed E-state index contributed by atoms with van der Waals surface area (Å²) in [4.78, 5) is 39.0. The normalized spacial score (nSPS) is 34.8. The molecule has 1 heterocycles. The summed E-state index contributed by atoms with van der Waals surface area (Å²) in [6, 6.07) is -0.0139. The van der Waals surface area contributed by atoms with E-state index in [1.54, 1.807) is 13.8 Å². The lowest BCUT2D eigenvalue weighted by molar-refractivity contribution is -0.531. The van der Waals surface area contributed by atoms with Crippen LogP contribution in [-0.4, -0.2) is 76.8 Å². The van der Waals surface area contributed by atoms with Crippen LogP contribution in [0, 0.1) is 16.0 Å². The molecule has 8 heteroatoms. The highest BCUT2D eigenvalue weighted by Crippen LogP contribution is 2.30. The molecule has 3 fully saturated rings. The fourth-order valence-electron chi connectivity index (χ4n) is 5.30. The number of piperazine rings is 1. The molecule has 5 unspecified atom stereocenters. The number of amides is 1. The molecule has 1 amide bonds. The van der Waals surface area contributed by atoms with Gasteiger partial charge < -0.3 is 10.2 Å². The maximum atomic E-state index is 11.7. The summed E-state index contributed by atoms with van der Waals surface area (Å²) < 4.78 is 0. The van der Waals surface area contributed by atoms with Gasteiger partial charge in [-0.05, 0) is 39.0 Å². The molecule has 158 valence electrons. The second kappa shape index (κ2) is 9.31. The number of hydrogen-bond acceptors (Lipinski definition) is 6. The number of nitrogens with one attached hydrogen (secondary N) is 1. The second-order valence-electron chi connectivity index (χ2n) is 8.81. The highest BCUT2D eigenvalue weighted by atomic mass is 16.6. The Morgan fingerprint density at radius 2 is 1.71 bits per heavy atom. The molecule has 0 aromatic heterocycles. The van der Waals surface area contributed by atoms with Gasteiger partial charge >= 0.3 is 0 Å². The molecule has 8 nitrogen and oxygen atoms in total. The zero-order valence-electron chi connectivity index (χ0n) is 17.1. The minimum absolute atomic E-state index is 0.0766. The van der Waals surface area contributed by atoms with Crippen LogP contribution in [0.5, 0.6) is 0 Å². The Kier molecular flexibility index (Phi) is 7.04. The van der Waals surface area contributed by atoms with Crippen LogP contribution in [0.2, 0.25) is 0 Å². The van der Waals surface area contributed by atoms with E-state index in [1.165, 1.54) is 0 Å². The molecule has 28 heavy (non-hydrogen) atoms. The Morgan fingerprint density at radius 3 is 2.32 bits per heavy atom. The zero-order valence-corrected chi connectivity index (χ0v) is 17.1. The van der Waals surface area contributed by atoms with E-state index < -0.39 is 6.04 Å². The van der Waals surface area contributed by atoms with E-state index in [4.69, 9.17) is 0 Å². The van der Waals surface area contributed by atoms with E-state index in [9.17, 15) is 19.7 Å². The summed E-state index contributed by atoms with van der Waals surface area (Å²) in [5.41, 5.74) is 0. The summed E-state index contributed by atoms with van der Waals surface area (Å²) in [6.07, 6.45) is 6.17. The molecule has 2 saturated carbocycles. The monoisotopic (exact) mass is 394 g/mol. The third kappa shape index (κ3) is 5.08. The molecule has 5 atom stereocenters. The average molecular weight is 395 g/mol. The Hall–Kier alpha value is -1.54. The molecular formula is C20H34N4O4. The van der Waals surface area contributed by atoms with Gasteiger partial charge in [-0.3, -0.25) is 24.6 Å². The van der Waals surface area contributed by atoms with Crippen LogP contribution >= 0.6 is 0 Å². The van der Waals surface area contributed by atoms with Crippen molar-refractivity contribution in [3.05, 3.63) is 10.1 Å². The van der Waals surface area contributed by atoms with E-state index in [-0.39, 0.29) is 28.6 Å². The van der Waals surface area contributed by atoms with Crippen LogP contribution in [-0.2, 0) is 9.59 Å². The summed E-state index contributed by atoms with van der Waals surface area (Å²) in [5, 5.41) is 15.2. The summed E-state index contributed by atoms with van der Waals surface area (Å²) >= 11 is 0. The first kappa shape index (κ1) is 21.2. The molecule has 0 aromatic carbocycles. The van der Waals surface area contributed by atoms with Crippen molar-refractivity contribution in [1.82, 2.24) is 15.1 Å². The highest BCUT2D eigenvalue weighted by Gasteiger charge is 2.41. The first-order chi connectivity index (χ1) is 13.3. The molecule has 2 aliphatic carbocycles. The van der Waals surface area contributed by atoms with Gasteiger partial charge in [0.15, 0.2) is 0 Å². The minimum atomic E-state index is -0.665. The molecule has 3 aliphatic rings. The predicted octanol–water partition coefficient (Wildman–Crippen LogP) is 1.45. The quantitative estimate of drug-likeness (QED) is 0.560. The molecule has 3 rings (SSSR count). The highest BCUT2D eigenvalue weighted by molar-refractivity contribution is 5.78. The third-order valence-electron chi connectivity index (χ3n) is 7.03. The number of rotatable bonds is 5. The van der Waals surface area contributed by atoms with Gasteiger partial charge in [-0.25, -0.2) is 0 Å². The number of nitro groups is 1. The average Bonchev–Trinajstić information content (AvgIpc) is 2.68. The molecule has 1 N–H and O–H groups in total. The van der Waals surface area contributed by atoms with Crippen molar-refractivity contribution >= 4 is 11.7 Å². The summed E-state index contributed by atoms with van der Waals surface area (Å²) in [6.45, 7) is 6.59. The molecule has 0 spiro atoms. The van der Waals surface area contributed by atoms with E-state index in [0.717, 1.165) is 58.3 Å². The number of carbonyl (C=O) groups excluding carboxylic acids is 2.